The summed E-state index contributed by atoms with van der Waals surface area (Å²) in [6.07, 6.45) is 0. The molecule has 104 valence electrons. The molecule has 3 nitrogen and oxygen atoms in total. The lowest BCUT2D eigenvalue weighted by Crippen LogP contribution is -2.34. The molecule has 0 unspecified atom stereocenters. The normalized spacial score (nSPS) is 11.2. The Morgan fingerprint density at radius 1 is 1.15 bits per heavy atom. The molecule has 0 aliphatic heterocycles. The molecular formula is C16H17BrN2O. The van der Waals surface area contributed by atoms with Crippen LogP contribution in [0.15, 0.2) is 53.0 Å². The first kappa shape index (κ1) is 14.6. The first-order valence-electron chi connectivity index (χ1n) is 6.32. The number of nitrogens with two attached hydrogens (primary N) is 1. The minimum absolute atomic E-state index is 0.0552. The third-order valence-electron chi connectivity index (χ3n) is 3.28. The summed E-state index contributed by atoms with van der Waals surface area (Å²) < 4.78 is 0.931. The average molecular weight is 333 g/mol. The molecule has 3 N–H and O–H groups in total. The van der Waals surface area contributed by atoms with Gasteiger partial charge in [-0.3, -0.25) is 4.79 Å². The lowest BCUT2D eigenvalue weighted by atomic mass is 9.83. The molecule has 0 atom stereocenters. The Bertz CT molecular complexity index is 621. The van der Waals surface area contributed by atoms with Crippen LogP contribution in [0, 0.1) is 0 Å². The number of hydrogen-bond donors (Lipinski definition) is 2. The third-order valence-corrected chi connectivity index (χ3v) is 3.78. The van der Waals surface area contributed by atoms with Crippen LogP contribution in [0.3, 0.4) is 0 Å². The fourth-order valence-electron chi connectivity index (χ4n) is 1.88. The summed E-state index contributed by atoms with van der Waals surface area (Å²) in [6, 6.07) is 14.9. The molecule has 4 heteroatoms. The number of hydrogen-bond acceptors (Lipinski definition) is 2. The van der Waals surface area contributed by atoms with Gasteiger partial charge in [0.15, 0.2) is 0 Å². The van der Waals surface area contributed by atoms with E-state index in [-0.39, 0.29) is 5.91 Å². The Morgan fingerprint density at radius 2 is 1.80 bits per heavy atom. The quantitative estimate of drug-likeness (QED) is 0.836. The highest BCUT2D eigenvalue weighted by atomic mass is 79.9. The van der Waals surface area contributed by atoms with Gasteiger partial charge in [0.25, 0.3) is 0 Å². The summed E-state index contributed by atoms with van der Waals surface area (Å²) in [5.41, 5.74) is 7.44. The number of rotatable bonds is 3. The second-order valence-electron chi connectivity index (χ2n) is 5.21. The Morgan fingerprint density at radius 3 is 2.40 bits per heavy atom. The molecule has 0 spiro atoms. The maximum atomic E-state index is 12.5. The highest BCUT2D eigenvalue weighted by molar-refractivity contribution is 9.10. The summed E-state index contributed by atoms with van der Waals surface area (Å²) in [6.45, 7) is 3.79. The molecule has 0 aromatic heterocycles. The lowest BCUT2D eigenvalue weighted by molar-refractivity contribution is -0.120. The van der Waals surface area contributed by atoms with Gasteiger partial charge in [-0.25, -0.2) is 0 Å². The van der Waals surface area contributed by atoms with Crippen LogP contribution < -0.4 is 11.1 Å². The van der Waals surface area contributed by atoms with E-state index in [9.17, 15) is 4.79 Å². The van der Waals surface area contributed by atoms with Crippen molar-refractivity contribution in [2.75, 3.05) is 11.1 Å². The highest BCUT2D eigenvalue weighted by Gasteiger charge is 2.29. The summed E-state index contributed by atoms with van der Waals surface area (Å²) in [7, 11) is 0. The molecule has 0 fully saturated rings. The zero-order valence-electron chi connectivity index (χ0n) is 11.5. The molecule has 0 aliphatic carbocycles. The number of nitrogens with one attached hydrogen (secondary N) is 1. The van der Waals surface area contributed by atoms with Gasteiger partial charge < -0.3 is 11.1 Å². The number of carbonyl (C=O) groups excluding carboxylic acids is 1. The second kappa shape index (κ2) is 5.67. The van der Waals surface area contributed by atoms with E-state index < -0.39 is 5.41 Å². The van der Waals surface area contributed by atoms with Gasteiger partial charge in [-0.2, -0.15) is 0 Å². The van der Waals surface area contributed by atoms with Crippen LogP contribution in [0.2, 0.25) is 0 Å². The van der Waals surface area contributed by atoms with E-state index in [1.807, 2.05) is 62.4 Å². The Kier molecular flexibility index (Phi) is 4.14. The number of carbonyl (C=O) groups is 1. The average Bonchev–Trinajstić information content (AvgIpc) is 2.39. The van der Waals surface area contributed by atoms with Crippen molar-refractivity contribution in [3.8, 4) is 0 Å². The first-order chi connectivity index (χ1) is 9.39. The van der Waals surface area contributed by atoms with E-state index in [1.165, 1.54) is 0 Å². The molecule has 0 saturated heterocycles. The van der Waals surface area contributed by atoms with Gasteiger partial charge in [0, 0.05) is 15.8 Å². The Hall–Kier alpha value is -1.81. The number of halogens is 1. The zero-order chi connectivity index (χ0) is 14.8. The molecular weight excluding hydrogens is 316 g/mol. The van der Waals surface area contributed by atoms with E-state index in [4.69, 9.17) is 5.73 Å². The fraction of sp³-hybridized carbons (Fsp3) is 0.188. The van der Waals surface area contributed by atoms with E-state index in [0.717, 1.165) is 15.7 Å². The molecule has 0 saturated carbocycles. The molecule has 2 aromatic carbocycles. The van der Waals surface area contributed by atoms with Crippen molar-refractivity contribution in [3.05, 3.63) is 58.6 Å². The van der Waals surface area contributed by atoms with E-state index in [0.29, 0.717) is 5.69 Å². The standard InChI is InChI=1S/C16H17BrN2O/c1-16(2,11-6-8-13(18)9-7-11)15(20)19-14-5-3-4-12(17)10-14/h3-10H,18H2,1-2H3,(H,19,20). The lowest BCUT2D eigenvalue weighted by Gasteiger charge is -2.24. The summed E-state index contributed by atoms with van der Waals surface area (Å²) in [5.74, 6) is -0.0552. The molecule has 2 rings (SSSR count). The predicted octanol–water partition coefficient (Wildman–Crippen LogP) is 3.95. The van der Waals surface area contributed by atoms with Crippen LogP contribution >= 0.6 is 15.9 Å². The molecule has 0 bridgehead atoms. The van der Waals surface area contributed by atoms with E-state index in [1.54, 1.807) is 0 Å². The van der Waals surface area contributed by atoms with Gasteiger partial charge in [-0.05, 0) is 49.7 Å². The number of amides is 1. The monoisotopic (exact) mass is 332 g/mol. The van der Waals surface area contributed by atoms with Crippen molar-refractivity contribution in [2.24, 2.45) is 0 Å². The SMILES string of the molecule is CC(C)(C(=O)Nc1cccc(Br)c1)c1ccc(N)cc1. The Labute approximate surface area is 127 Å². The minimum Gasteiger partial charge on any atom is -0.399 e. The van der Waals surface area contributed by atoms with Crippen molar-refractivity contribution < 1.29 is 4.79 Å². The van der Waals surface area contributed by atoms with Crippen LogP contribution in [0.4, 0.5) is 11.4 Å². The zero-order valence-corrected chi connectivity index (χ0v) is 13.1. The highest BCUT2D eigenvalue weighted by Crippen LogP contribution is 2.26. The van der Waals surface area contributed by atoms with E-state index in [2.05, 4.69) is 21.2 Å². The third kappa shape index (κ3) is 3.20. The predicted molar refractivity (Wildman–Crippen MR) is 86.7 cm³/mol. The minimum atomic E-state index is -0.629. The second-order valence-corrected chi connectivity index (χ2v) is 6.13. The molecule has 20 heavy (non-hydrogen) atoms. The molecule has 0 aliphatic rings. The van der Waals surface area contributed by atoms with Crippen molar-refractivity contribution in [1.82, 2.24) is 0 Å². The van der Waals surface area contributed by atoms with Crippen LogP contribution in [-0.4, -0.2) is 5.91 Å². The van der Waals surface area contributed by atoms with E-state index >= 15 is 0 Å². The summed E-state index contributed by atoms with van der Waals surface area (Å²) in [4.78, 5) is 12.5. The number of anilines is 2. The van der Waals surface area contributed by atoms with Crippen LogP contribution in [0.5, 0.6) is 0 Å². The first-order valence-corrected chi connectivity index (χ1v) is 7.12. The van der Waals surface area contributed by atoms with Crippen LogP contribution in [-0.2, 0) is 10.2 Å². The largest absolute Gasteiger partial charge is 0.399 e. The summed E-state index contributed by atoms with van der Waals surface area (Å²) >= 11 is 3.39. The van der Waals surface area contributed by atoms with Crippen LogP contribution in [0.1, 0.15) is 19.4 Å². The number of nitrogen functional groups attached to an aromatic ring is 1. The topological polar surface area (TPSA) is 55.1 Å². The van der Waals surface area contributed by atoms with Gasteiger partial charge in [0.2, 0.25) is 5.91 Å². The Balaban J connectivity index is 2.21. The van der Waals surface area contributed by atoms with Crippen molar-refractivity contribution >= 4 is 33.2 Å². The van der Waals surface area contributed by atoms with Crippen molar-refractivity contribution in [3.63, 3.8) is 0 Å². The molecule has 2 aromatic rings. The molecule has 0 heterocycles. The van der Waals surface area contributed by atoms with Gasteiger partial charge in [0.05, 0.1) is 5.41 Å². The maximum Gasteiger partial charge on any atom is 0.234 e. The van der Waals surface area contributed by atoms with Crippen molar-refractivity contribution in [1.29, 1.82) is 0 Å². The molecule has 0 radical (unpaired) electrons. The van der Waals surface area contributed by atoms with Gasteiger partial charge in [0.1, 0.15) is 0 Å². The molecule has 1 amide bonds. The van der Waals surface area contributed by atoms with Crippen LogP contribution in [0.25, 0.3) is 0 Å². The summed E-state index contributed by atoms with van der Waals surface area (Å²) in [5, 5.41) is 2.94. The fourth-order valence-corrected chi connectivity index (χ4v) is 2.28. The van der Waals surface area contributed by atoms with Gasteiger partial charge in [-0.1, -0.05) is 34.1 Å². The van der Waals surface area contributed by atoms with Crippen molar-refractivity contribution in [2.45, 2.75) is 19.3 Å². The number of benzene rings is 2. The van der Waals surface area contributed by atoms with Gasteiger partial charge >= 0.3 is 0 Å². The maximum absolute atomic E-state index is 12.5. The smallest absolute Gasteiger partial charge is 0.234 e. The van der Waals surface area contributed by atoms with Gasteiger partial charge in [-0.15, -0.1) is 0 Å².